The number of aliphatic carboxylic acids is 1. The van der Waals surface area contributed by atoms with Gasteiger partial charge in [-0.25, -0.2) is 4.79 Å². The van der Waals surface area contributed by atoms with Crippen molar-refractivity contribution in [2.24, 2.45) is 0 Å². The van der Waals surface area contributed by atoms with Gasteiger partial charge >= 0.3 is 30.0 Å². The second-order valence-corrected chi connectivity index (χ2v) is 12.0. The van der Waals surface area contributed by atoms with Crippen molar-refractivity contribution in [2.75, 3.05) is 30.3 Å². The fourth-order valence-corrected chi connectivity index (χ4v) is 4.90. The third-order valence-corrected chi connectivity index (χ3v) is 7.86. The van der Waals surface area contributed by atoms with E-state index < -0.39 is 60.6 Å². The van der Waals surface area contributed by atoms with Crippen molar-refractivity contribution in [3.05, 3.63) is 94.8 Å². The number of pyridine rings is 1. The Balaban J connectivity index is 1.19. The van der Waals surface area contributed by atoms with Gasteiger partial charge in [0.25, 0.3) is 5.91 Å². The Labute approximate surface area is 298 Å². The molecule has 0 bridgehead atoms. The second-order valence-electron chi connectivity index (χ2n) is 11.5. The van der Waals surface area contributed by atoms with Gasteiger partial charge in [-0.2, -0.15) is 28.1 Å². The van der Waals surface area contributed by atoms with Gasteiger partial charge in [0.1, 0.15) is 6.04 Å². The number of aromatic nitrogens is 4. The van der Waals surface area contributed by atoms with E-state index in [9.17, 15) is 37.5 Å². The highest BCUT2D eigenvalue weighted by molar-refractivity contribution is 6.35. The van der Waals surface area contributed by atoms with Gasteiger partial charge in [-0.1, -0.05) is 23.7 Å². The average Bonchev–Trinajstić information content (AvgIpc) is 3.89. The van der Waals surface area contributed by atoms with E-state index in [2.05, 4.69) is 46.5 Å². The maximum absolute atomic E-state index is 12.9. The van der Waals surface area contributed by atoms with E-state index in [1.807, 2.05) is 12.1 Å². The third kappa shape index (κ3) is 10.7. The first kappa shape index (κ1) is 37.2. The third-order valence-electron chi connectivity index (χ3n) is 7.61. The van der Waals surface area contributed by atoms with Crippen molar-refractivity contribution >= 4 is 52.9 Å². The topological polar surface area (TPSA) is 209 Å². The number of carbonyl (C=O) groups excluding carboxylic acids is 3. The largest absolute Gasteiger partial charge is 0.480 e. The summed E-state index contributed by atoms with van der Waals surface area (Å²) >= 11 is 6.01. The van der Waals surface area contributed by atoms with Crippen LogP contribution < -0.4 is 31.3 Å². The van der Waals surface area contributed by atoms with Crippen LogP contribution in [0.25, 0.3) is 0 Å². The number of ether oxygens (including phenoxy) is 1. The molecule has 1 atom stereocenters. The number of hydrogen-bond donors (Lipinski definition) is 6. The molecule has 1 aliphatic rings. The summed E-state index contributed by atoms with van der Waals surface area (Å²) in [5.74, 6) is -4.53. The minimum atomic E-state index is -4.65. The van der Waals surface area contributed by atoms with E-state index in [0.29, 0.717) is 30.0 Å². The van der Waals surface area contributed by atoms with Gasteiger partial charge < -0.3 is 36.4 Å². The predicted molar refractivity (Wildman–Crippen MR) is 180 cm³/mol. The van der Waals surface area contributed by atoms with Gasteiger partial charge in [0, 0.05) is 41.8 Å². The van der Waals surface area contributed by atoms with Crippen LogP contribution in [0.3, 0.4) is 0 Å². The Kier molecular flexibility index (Phi) is 11.7. The molecule has 0 aliphatic heterocycles. The predicted octanol–water partition coefficient (Wildman–Crippen LogP) is 3.36. The van der Waals surface area contributed by atoms with Crippen LogP contribution >= 0.6 is 11.6 Å². The van der Waals surface area contributed by atoms with E-state index in [0.717, 1.165) is 11.1 Å². The van der Waals surface area contributed by atoms with Gasteiger partial charge in [0.2, 0.25) is 11.9 Å². The minimum absolute atomic E-state index is 0.0304. The van der Waals surface area contributed by atoms with Gasteiger partial charge in [-0.05, 0) is 78.9 Å². The van der Waals surface area contributed by atoms with E-state index in [1.165, 1.54) is 24.3 Å². The van der Waals surface area contributed by atoms with Gasteiger partial charge in [-0.3, -0.25) is 19.4 Å². The number of halogens is 4. The molecule has 1 fully saturated rings. The molecular formula is C33H31ClF3N9O6. The fraction of sp³-hybridized carbons (Fsp3) is 0.273. The summed E-state index contributed by atoms with van der Waals surface area (Å²) in [5.41, 5.74) is 1.54. The van der Waals surface area contributed by atoms with Crippen LogP contribution in [-0.2, 0) is 26.3 Å². The highest BCUT2D eigenvalue weighted by atomic mass is 35.5. The molecule has 1 saturated carbocycles. The Morgan fingerprint density at radius 1 is 0.885 bits per heavy atom. The smallest absolute Gasteiger partial charge is 0.422 e. The molecule has 19 heteroatoms. The molecule has 0 saturated heterocycles. The number of benzene rings is 2. The maximum atomic E-state index is 12.9. The molecule has 52 heavy (non-hydrogen) atoms. The average molecular weight is 742 g/mol. The zero-order chi connectivity index (χ0) is 37.3. The Morgan fingerprint density at radius 3 is 2.17 bits per heavy atom. The van der Waals surface area contributed by atoms with Crippen LogP contribution in [-0.4, -0.2) is 80.6 Å². The fourth-order valence-electron chi connectivity index (χ4n) is 4.77. The minimum Gasteiger partial charge on any atom is -0.480 e. The van der Waals surface area contributed by atoms with Crippen molar-refractivity contribution in [2.45, 2.75) is 37.0 Å². The molecule has 0 radical (unpaired) electrons. The molecule has 272 valence electrons. The van der Waals surface area contributed by atoms with Gasteiger partial charge in [0.15, 0.2) is 6.61 Å². The van der Waals surface area contributed by atoms with E-state index in [1.54, 1.807) is 36.7 Å². The van der Waals surface area contributed by atoms with Gasteiger partial charge in [-0.15, -0.1) is 0 Å². The Hall–Kier alpha value is -6.04. The molecule has 0 spiro atoms. The van der Waals surface area contributed by atoms with Gasteiger partial charge in [0.05, 0.1) is 5.54 Å². The van der Waals surface area contributed by atoms with Crippen LogP contribution in [0.5, 0.6) is 6.01 Å². The number of carbonyl (C=O) groups is 4. The summed E-state index contributed by atoms with van der Waals surface area (Å²) in [7, 11) is 0. The molecule has 0 unspecified atom stereocenters. The SMILES string of the molecule is O=C(NCCc1ccncc1)C(=O)NC[C@H](NC(=O)c1ccc(Nc2nc(NC3(c4ccc(Cl)cc4)CC3)nc(OCC(F)(F)F)n2)cc1)C(=O)O. The van der Waals surface area contributed by atoms with Crippen LogP contribution in [0.2, 0.25) is 5.02 Å². The highest BCUT2D eigenvalue weighted by Crippen LogP contribution is 2.48. The van der Waals surface area contributed by atoms with Crippen LogP contribution in [0.15, 0.2) is 73.1 Å². The Bertz CT molecular complexity index is 1900. The van der Waals surface area contributed by atoms with Crippen LogP contribution in [0, 0.1) is 0 Å². The lowest BCUT2D eigenvalue weighted by molar-refractivity contribution is -0.154. The summed E-state index contributed by atoms with van der Waals surface area (Å²) in [6, 6.07) is 13.9. The number of nitrogens with zero attached hydrogens (tertiary/aromatic N) is 4. The Morgan fingerprint density at radius 2 is 1.54 bits per heavy atom. The summed E-state index contributed by atoms with van der Waals surface area (Å²) in [6.07, 6.45) is 0.375. The van der Waals surface area contributed by atoms with E-state index in [-0.39, 0.29) is 24.0 Å². The number of rotatable bonds is 15. The number of alkyl halides is 3. The molecule has 5 rings (SSSR count). The molecule has 3 amide bonds. The lowest BCUT2D eigenvalue weighted by Gasteiger charge is -2.19. The summed E-state index contributed by atoms with van der Waals surface area (Å²) < 4.78 is 43.5. The molecule has 2 aromatic carbocycles. The highest BCUT2D eigenvalue weighted by Gasteiger charge is 2.45. The maximum Gasteiger partial charge on any atom is 0.422 e. The number of carboxylic acids is 1. The second kappa shape index (κ2) is 16.3. The quantitative estimate of drug-likeness (QED) is 0.0970. The summed E-state index contributed by atoms with van der Waals surface area (Å²) in [6.45, 7) is -2.06. The van der Waals surface area contributed by atoms with Crippen LogP contribution in [0.1, 0.15) is 34.3 Å². The number of carboxylic acid groups (broad SMARTS) is 1. The first-order valence-electron chi connectivity index (χ1n) is 15.6. The summed E-state index contributed by atoms with van der Waals surface area (Å²) in [4.78, 5) is 65.1. The number of nitrogens with one attached hydrogen (secondary N) is 5. The van der Waals surface area contributed by atoms with E-state index >= 15 is 0 Å². The molecule has 1 aliphatic carbocycles. The zero-order valence-corrected chi connectivity index (χ0v) is 27.8. The number of amides is 3. The molecular weight excluding hydrogens is 711 g/mol. The molecule has 15 nitrogen and oxygen atoms in total. The van der Waals surface area contributed by atoms with Crippen molar-refractivity contribution < 1.29 is 42.2 Å². The van der Waals surface area contributed by atoms with Crippen molar-refractivity contribution in [1.29, 1.82) is 0 Å². The normalized spacial score (nSPS) is 13.6. The standard InChI is InChI=1S/C33H31ClF3N9O6/c34-22-5-3-21(4-6-22)32(12-13-32)46-30-43-29(44-31(45-30)52-18-33(35,36)37)41-23-7-1-20(2-8-23)25(47)42-24(28(50)51)17-40-27(49)26(48)39-16-11-19-9-14-38-15-10-19/h1-10,14-15,24H,11-13,16-18H2,(H,39,48)(H,40,49)(H,42,47)(H,50,51)(H2,41,43,44,45,46)/t24-/m0/s1. The number of anilines is 3. The molecule has 4 aromatic rings. The zero-order valence-electron chi connectivity index (χ0n) is 27.0. The lowest BCUT2D eigenvalue weighted by atomic mass is 10.1. The monoisotopic (exact) mass is 741 g/mol. The van der Waals surface area contributed by atoms with Crippen LogP contribution in [0.4, 0.5) is 30.8 Å². The first-order chi connectivity index (χ1) is 24.8. The first-order valence-corrected chi connectivity index (χ1v) is 16.0. The lowest BCUT2D eigenvalue weighted by Crippen LogP contribution is -2.51. The van der Waals surface area contributed by atoms with Crippen molar-refractivity contribution in [3.8, 4) is 6.01 Å². The van der Waals surface area contributed by atoms with Crippen molar-refractivity contribution in [1.82, 2.24) is 35.9 Å². The summed E-state index contributed by atoms with van der Waals surface area (Å²) in [5, 5.41) is 23.0. The van der Waals surface area contributed by atoms with Crippen molar-refractivity contribution in [3.63, 3.8) is 0 Å². The van der Waals surface area contributed by atoms with E-state index in [4.69, 9.17) is 16.3 Å². The number of hydrogen-bond acceptors (Lipinski definition) is 11. The molecule has 6 N–H and O–H groups in total. The molecule has 2 heterocycles. The molecule has 2 aromatic heterocycles.